The molecule has 0 N–H and O–H groups in total. The van der Waals surface area contributed by atoms with Gasteiger partial charge in [0, 0.05) is 17.7 Å². The molecule has 0 spiro atoms. The number of hydrogen-bond acceptors (Lipinski definition) is 3. The molecule has 0 saturated heterocycles. The summed E-state index contributed by atoms with van der Waals surface area (Å²) in [6.07, 6.45) is 2.24. The molecule has 2 aromatic carbocycles. The van der Waals surface area contributed by atoms with Gasteiger partial charge in [0.2, 0.25) is 0 Å². The molecular weight excluding hydrogens is 324 g/mol. The number of nitrogens with zero attached hydrogens (tertiary/aromatic N) is 2. The van der Waals surface area contributed by atoms with Crippen molar-refractivity contribution >= 4 is 0 Å². The number of unbranched alkanes of at least 4 members (excludes halogenated alkanes) is 1. The van der Waals surface area contributed by atoms with Crippen LogP contribution in [0, 0.1) is 6.92 Å². The maximum atomic E-state index is 5.50. The fourth-order valence-electron chi connectivity index (χ4n) is 3.26. The number of benzene rings is 2. The molecule has 0 unspecified atom stereocenters. The van der Waals surface area contributed by atoms with Crippen molar-refractivity contribution in [3.05, 3.63) is 54.2 Å². The van der Waals surface area contributed by atoms with Gasteiger partial charge in [-0.05, 0) is 31.5 Å². The molecule has 1 heterocycles. The molecule has 0 atom stereocenters. The molecule has 1 aromatic heterocycles. The van der Waals surface area contributed by atoms with Crippen LogP contribution in [0.2, 0.25) is 0 Å². The van der Waals surface area contributed by atoms with E-state index in [4.69, 9.17) is 14.5 Å². The molecule has 3 rings (SSSR count). The third kappa shape index (κ3) is 3.45. The summed E-state index contributed by atoms with van der Waals surface area (Å²) in [4.78, 5) is 4.90. The van der Waals surface area contributed by atoms with Gasteiger partial charge in [0.25, 0.3) is 0 Å². The Bertz CT molecular complexity index is 869. The van der Waals surface area contributed by atoms with Gasteiger partial charge in [-0.25, -0.2) is 4.98 Å². The Hall–Kier alpha value is -2.75. The Morgan fingerprint density at radius 2 is 1.65 bits per heavy atom. The summed E-state index contributed by atoms with van der Waals surface area (Å²) in [5, 5.41) is 0. The zero-order valence-corrected chi connectivity index (χ0v) is 16.0. The summed E-state index contributed by atoms with van der Waals surface area (Å²) in [6, 6.07) is 16.4. The summed E-state index contributed by atoms with van der Waals surface area (Å²) in [5.74, 6) is 2.48. The molecule has 4 heteroatoms. The van der Waals surface area contributed by atoms with Gasteiger partial charge in [-0.2, -0.15) is 0 Å². The Balaban J connectivity index is 2.16. The first-order valence-corrected chi connectivity index (χ1v) is 9.04. The quantitative estimate of drug-likeness (QED) is 0.577. The Morgan fingerprint density at radius 1 is 0.923 bits per heavy atom. The smallest absolute Gasteiger partial charge is 0.161 e. The molecule has 0 radical (unpaired) electrons. The monoisotopic (exact) mass is 350 g/mol. The minimum absolute atomic E-state index is 0.730. The van der Waals surface area contributed by atoms with Gasteiger partial charge < -0.3 is 14.0 Å². The van der Waals surface area contributed by atoms with Crippen LogP contribution >= 0.6 is 0 Å². The van der Waals surface area contributed by atoms with Crippen LogP contribution in [-0.2, 0) is 6.54 Å². The summed E-state index contributed by atoms with van der Waals surface area (Å²) < 4.78 is 13.2. The topological polar surface area (TPSA) is 36.3 Å². The van der Waals surface area contributed by atoms with Crippen molar-refractivity contribution in [3.8, 4) is 34.1 Å². The molecule has 3 aromatic rings. The number of ether oxygens (including phenoxy) is 2. The minimum Gasteiger partial charge on any atom is -0.493 e. The molecular formula is C22H26N2O2. The largest absolute Gasteiger partial charge is 0.493 e. The van der Waals surface area contributed by atoms with Crippen molar-refractivity contribution in [1.29, 1.82) is 0 Å². The lowest BCUT2D eigenvalue weighted by Gasteiger charge is -2.14. The first kappa shape index (κ1) is 18.1. The van der Waals surface area contributed by atoms with Crippen molar-refractivity contribution in [2.45, 2.75) is 33.2 Å². The number of methoxy groups -OCH3 is 2. The van der Waals surface area contributed by atoms with Gasteiger partial charge in [-0.1, -0.05) is 43.7 Å². The Labute approximate surface area is 155 Å². The molecule has 0 saturated carbocycles. The maximum absolute atomic E-state index is 5.50. The van der Waals surface area contributed by atoms with E-state index in [0.717, 1.165) is 59.2 Å². The SMILES string of the molecule is CCCCn1c(-c2ccccc2)nc(C)c1-c1ccc(OC)c(OC)c1. The van der Waals surface area contributed by atoms with Crippen LogP contribution in [0.15, 0.2) is 48.5 Å². The predicted octanol–water partition coefficient (Wildman–Crippen LogP) is 5.34. The molecule has 0 amide bonds. The van der Waals surface area contributed by atoms with Crippen LogP contribution in [0.25, 0.3) is 22.6 Å². The second kappa shape index (κ2) is 8.09. The highest BCUT2D eigenvalue weighted by molar-refractivity contribution is 5.71. The van der Waals surface area contributed by atoms with Gasteiger partial charge in [0.05, 0.1) is 25.6 Å². The van der Waals surface area contributed by atoms with Gasteiger partial charge in [0.15, 0.2) is 11.5 Å². The van der Waals surface area contributed by atoms with Gasteiger partial charge in [0.1, 0.15) is 5.82 Å². The predicted molar refractivity (Wildman–Crippen MR) is 106 cm³/mol. The highest BCUT2D eigenvalue weighted by Crippen LogP contribution is 2.36. The number of rotatable bonds is 7. The first-order valence-electron chi connectivity index (χ1n) is 9.04. The zero-order valence-electron chi connectivity index (χ0n) is 16.0. The zero-order chi connectivity index (χ0) is 18.5. The van der Waals surface area contributed by atoms with E-state index >= 15 is 0 Å². The summed E-state index contributed by atoms with van der Waals surface area (Å²) in [6.45, 7) is 5.22. The lowest BCUT2D eigenvalue weighted by molar-refractivity contribution is 0.355. The standard InChI is InChI=1S/C22H26N2O2/c1-5-6-14-24-21(18-12-13-19(25-3)20(15-18)26-4)16(2)23-22(24)17-10-8-7-9-11-17/h7-13,15H,5-6,14H2,1-4H3. The van der Waals surface area contributed by atoms with E-state index in [1.807, 2.05) is 18.2 Å². The fraction of sp³-hybridized carbons (Fsp3) is 0.318. The molecule has 0 aliphatic heterocycles. The normalized spacial score (nSPS) is 10.8. The Morgan fingerprint density at radius 3 is 2.31 bits per heavy atom. The number of aryl methyl sites for hydroxylation is 1. The molecule has 0 bridgehead atoms. The lowest BCUT2D eigenvalue weighted by Crippen LogP contribution is -2.03. The van der Waals surface area contributed by atoms with Crippen molar-refractivity contribution in [3.63, 3.8) is 0 Å². The second-order valence-corrected chi connectivity index (χ2v) is 6.31. The van der Waals surface area contributed by atoms with Gasteiger partial charge in [-0.3, -0.25) is 0 Å². The van der Waals surface area contributed by atoms with E-state index in [-0.39, 0.29) is 0 Å². The molecule has 26 heavy (non-hydrogen) atoms. The summed E-state index contributed by atoms with van der Waals surface area (Å²) >= 11 is 0. The van der Waals surface area contributed by atoms with E-state index in [1.54, 1.807) is 14.2 Å². The number of aromatic nitrogens is 2. The molecule has 4 nitrogen and oxygen atoms in total. The van der Waals surface area contributed by atoms with E-state index in [9.17, 15) is 0 Å². The molecule has 0 aliphatic carbocycles. The molecule has 0 aliphatic rings. The van der Waals surface area contributed by atoms with E-state index in [0.29, 0.717) is 0 Å². The molecule has 0 fully saturated rings. The third-order valence-electron chi connectivity index (χ3n) is 4.57. The lowest BCUT2D eigenvalue weighted by atomic mass is 10.1. The Kier molecular flexibility index (Phi) is 5.61. The maximum Gasteiger partial charge on any atom is 0.161 e. The second-order valence-electron chi connectivity index (χ2n) is 6.31. The van der Waals surface area contributed by atoms with Crippen molar-refractivity contribution in [2.24, 2.45) is 0 Å². The summed E-state index contributed by atoms with van der Waals surface area (Å²) in [7, 11) is 3.32. The van der Waals surface area contributed by atoms with Crippen LogP contribution < -0.4 is 9.47 Å². The third-order valence-corrected chi connectivity index (χ3v) is 4.57. The fourth-order valence-corrected chi connectivity index (χ4v) is 3.26. The van der Waals surface area contributed by atoms with E-state index in [1.165, 1.54) is 0 Å². The van der Waals surface area contributed by atoms with E-state index in [2.05, 4.69) is 48.7 Å². The van der Waals surface area contributed by atoms with E-state index < -0.39 is 0 Å². The van der Waals surface area contributed by atoms with Crippen molar-refractivity contribution < 1.29 is 9.47 Å². The van der Waals surface area contributed by atoms with Crippen LogP contribution in [-0.4, -0.2) is 23.8 Å². The average molecular weight is 350 g/mol. The highest BCUT2D eigenvalue weighted by atomic mass is 16.5. The average Bonchev–Trinajstić information content (AvgIpc) is 3.02. The van der Waals surface area contributed by atoms with Gasteiger partial charge >= 0.3 is 0 Å². The van der Waals surface area contributed by atoms with Gasteiger partial charge in [-0.15, -0.1) is 0 Å². The number of hydrogen-bond donors (Lipinski definition) is 0. The summed E-state index contributed by atoms with van der Waals surface area (Å²) in [5.41, 5.74) is 4.38. The highest BCUT2D eigenvalue weighted by Gasteiger charge is 2.18. The van der Waals surface area contributed by atoms with Crippen molar-refractivity contribution in [2.75, 3.05) is 14.2 Å². The van der Waals surface area contributed by atoms with Crippen LogP contribution in [0.3, 0.4) is 0 Å². The first-order chi connectivity index (χ1) is 12.7. The van der Waals surface area contributed by atoms with Crippen LogP contribution in [0.4, 0.5) is 0 Å². The van der Waals surface area contributed by atoms with Crippen molar-refractivity contribution in [1.82, 2.24) is 9.55 Å². The number of imidazole rings is 1. The minimum atomic E-state index is 0.730. The molecule has 136 valence electrons. The van der Waals surface area contributed by atoms with Crippen LogP contribution in [0.5, 0.6) is 11.5 Å². The van der Waals surface area contributed by atoms with Crippen LogP contribution in [0.1, 0.15) is 25.5 Å².